The van der Waals surface area contributed by atoms with Crippen molar-refractivity contribution in [3.63, 3.8) is 0 Å². The van der Waals surface area contributed by atoms with Crippen LogP contribution in [0, 0.1) is 6.92 Å². The predicted octanol–water partition coefficient (Wildman–Crippen LogP) is 1.09. The van der Waals surface area contributed by atoms with Gasteiger partial charge in [0.2, 0.25) is 11.7 Å². The van der Waals surface area contributed by atoms with Crippen LogP contribution < -0.4 is 11.2 Å². The summed E-state index contributed by atoms with van der Waals surface area (Å²) in [6.07, 6.45) is 1.22. The van der Waals surface area contributed by atoms with Gasteiger partial charge in [-0.3, -0.25) is 14.6 Å². The van der Waals surface area contributed by atoms with E-state index in [2.05, 4.69) is 15.1 Å². The first-order valence-electron chi connectivity index (χ1n) is 8.38. The Balaban J connectivity index is 1.82. The summed E-state index contributed by atoms with van der Waals surface area (Å²) in [5.41, 5.74) is 0.482. The van der Waals surface area contributed by atoms with Crippen LogP contribution in [0.1, 0.15) is 28.7 Å². The molecule has 0 saturated heterocycles. The minimum Gasteiger partial charge on any atom is -0.337 e. The summed E-state index contributed by atoms with van der Waals surface area (Å²) in [4.78, 5) is 43.9. The molecule has 0 aliphatic heterocycles. The Morgan fingerprint density at radius 1 is 1.26 bits per heavy atom. The zero-order valence-electron chi connectivity index (χ0n) is 15.2. The number of aromatic nitrogens is 4. The van der Waals surface area contributed by atoms with Crippen molar-refractivity contribution in [2.75, 3.05) is 6.54 Å². The van der Waals surface area contributed by atoms with E-state index in [1.165, 1.54) is 18.1 Å². The molecule has 140 valence electrons. The highest BCUT2D eigenvalue weighted by Gasteiger charge is 2.21. The van der Waals surface area contributed by atoms with Crippen molar-refractivity contribution in [1.29, 1.82) is 0 Å². The number of carbonyl (C=O) groups is 1. The molecule has 0 aliphatic rings. The van der Waals surface area contributed by atoms with Crippen LogP contribution in [0.15, 0.2) is 44.6 Å². The molecular formula is C18H19N5O4. The van der Waals surface area contributed by atoms with E-state index >= 15 is 0 Å². The minimum absolute atomic E-state index is 0.0521. The van der Waals surface area contributed by atoms with Crippen molar-refractivity contribution in [1.82, 2.24) is 24.6 Å². The van der Waals surface area contributed by atoms with Gasteiger partial charge in [0, 0.05) is 25.4 Å². The molecule has 2 aromatic heterocycles. The van der Waals surface area contributed by atoms with Gasteiger partial charge in [-0.05, 0) is 13.8 Å². The topological polar surface area (TPSA) is 114 Å². The zero-order valence-corrected chi connectivity index (χ0v) is 15.2. The monoisotopic (exact) mass is 369 g/mol. The van der Waals surface area contributed by atoms with Crippen LogP contribution in [0.2, 0.25) is 0 Å². The molecule has 0 saturated carbocycles. The molecule has 1 amide bonds. The molecule has 0 spiro atoms. The standard InChI is InChI=1S/C18H19N5O4/c1-4-23(17(25)13-9-22(3)18(26)20-16(13)24)10-14-19-15(21-27-14)12-7-5-11(2)6-8-12/h5-9H,4,10H2,1-3H3,(H,20,24,26). The second-order valence-electron chi connectivity index (χ2n) is 6.11. The number of carbonyl (C=O) groups excluding carboxylic acids is 1. The largest absolute Gasteiger partial charge is 0.337 e. The van der Waals surface area contributed by atoms with Crippen molar-refractivity contribution in [3.8, 4) is 11.4 Å². The Hall–Kier alpha value is -3.49. The van der Waals surface area contributed by atoms with Crippen LogP contribution in [0.4, 0.5) is 0 Å². The van der Waals surface area contributed by atoms with Gasteiger partial charge < -0.3 is 14.0 Å². The van der Waals surface area contributed by atoms with Crippen LogP contribution in [-0.4, -0.2) is 37.0 Å². The molecule has 0 bridgehead atoms. The number of amides is 1. The molecule has 9 heteroatoms. The summed E-state index contributed by atoms with van der Waals surface area (Å²) in [5, 5.41) is 3.94. The van der Waals surface area contributed by atoms with Crippen LogP contribution >= 0.6 is 0 Å². The number of aryl methyl sites for hydroxylation is 2. The Labute approximate surface area is 154 Å². The number of hydrogen-bond donors (Lipinski definition) is 1. The maximum absolute atomic E-state index is 12.7. The number of rotatable bonds is 5. The van der Waals surface area contributed by atoms with E-state index in [4.69, 9.17) is 4.52 Å². The summed E-state index contributed by atoms with van der Waals surface area (Å²) in [7, 11) is 1.46. The SMILES string of the molecule is CCN(Cc1nc(-c2ccc(C)cc2)no1)C(=O)c1cn(C)c(=O)[nH]c1=O. The summed E-state index contributed by atoms with van der Waals surface area (Å²) in [5.74, 6) is 0.153. The van der Waals surface area contributed by atoms with Crippen molar-refractivity contribution in [2.45, 2.75) is 20.4 Å². The molecule has 2 heterocycles. The van der Waals surface area contributed by atoms with Crippen LogP contribution in [-0.2, 0) is 13.6 Å². The van der Waals surface area contributed by atoms with Gasteiger partial charge in [0.1, 0.15) is 12.1 Å². The number of benzene rings is 1. The summed E-state index contributed by atoms with van der Waals surface area (Å²) < 4.78 is 6.39. The highest BCUT2D eigenvalue weighted by atomic mass is 16.5. The molecule has 1 aromatic carbocycles. The smallest absolute Gasteiger partial charge is 0.328 e. The highest BCUT2D eigenvalue weighted by molar-refractivity contribution is 5.93. The maximum Gasteiger partial charge on any atom is 0.328 e. The lowest BCUT2D eigenvalue weighted by Crippen LogP contribution is -2.38. The Kier molecular flexibility index (Phi) is 5.02. The number of nitrogens with zero attached hydrogens (tertiary/aromatic N) is 4. The quantitative estimate of drug-likeness (QED) is 0.720. The fourth-order valence-corrected chi connectivity index (χ4v) is 2.52. The average Bonchev–Trinajstić information content (AvgIpc) is 3.11. The third kappa shape index (κ3) is 3.86. The van der Waals surface area contributed by atoms with E-state index in [-0.39, 0.29) is 18.0 Å². The maximum atomic E-state index is 12.7. The molecule has 3 rings (SSSR count). The molecule has 0 unspecified atom stereocenters. The Bertz CT molecular complexity index is 1080. The average molecular weight is 369 g/mol. The normalized spacial score (nSPS) is 10.8. The molecule has 0 atom stereocenters. The third-order valence-electron chi connectivity index (χ3n) is 4.11. The first kappa shape index (κ1) is 18.3. The number of nitrogens with one attached hydrogen (secondary N) is 1. The van der Waals surface area contributed by atoms with Crippen LogP contribution in [0.5, 0.6) is 0 Å². The first-order valence-corrected chi connectivity index (χ1v) is 8.38. The van der Waals surface area contributed by atoms with Gasteiger partial charge in [-0.15, -0.1) is 0 Å². The Morgan fingerprint density at radius 3 is 2.63 bits per heavy atom. The van der Waals surface area contributed by atoms with Gasteiger partial charge in [-0.1, -0.05) is 35.0 Å². The molecule has 0 fully saturated rings. The fourth-order valence-electron chi connectivity index (χ4n) is 2.52. The molecule has 1 N–H and O–H groups in total. The molecular weight excluding hydrogens is 350 g/mol. The molecule has 27 heavy (non-hydrogen) atoms. The Morgan fingerprint density at radius 2 is 1.96 bits per heavy atom. The molecule has 3 aromatic rings. The van der Waals surface area contributed by atoms with E-state index in [1.54, 1.807) is 6.92 Å². The van der Waals surface area contributed by atoms with E-state index in [1.807, 2.05) is 31.2 Å². The zero-order chi connectivity index (χ0) is 19.6. The molecule has 0 radical (unpaired) electrons. The van der Waals surface area contributed by atoms with Gasteiger partial charge in [0.05, 0.1) is 0 Å². The highest BCUT2D eigenvalue weighted by Crippen LogP contribution is 2.17. The predicted molar refractivity (Wildman–Crippen MR) is 97.2 cm³/mol. The van der Waals surface area contributed by atoms with Crippen molar-refractivity contribution in [2.24, 2.45) is 7.05 Å². The number of hydrogen-bond acceptors (Lipinski definition) is 6. The van der Waals surface area contributed by atoms with Crippen molar-refractivity contribution >= 4 is 5.91 Å². The summed E-state index contributed by atoms with van der Waals surface area (Å²) in [6.45, 7) is 4.13. The molecule has 9 nitrogen and oxygen atoms in total. The summed E-state index contributed by atoms with van der Waals surface area (Å²) in [6, 6.07) is 7.66. The van der Waals surface area contributed by atoms with Crippen molar-refractivity contribution in [3.05, 3.63) is 68.3 Å². The van der Waals surface area contributed by atoms with Gasteiger partial charge in [-0.2, -0.15) is 4.98 Å². The first-order chi connectivity index (χ1) is 12.9. The van der Waals surface area contributed by atoms with Gasteiger partial charge in [0.15, 0.2) is 0 Å². The molecule has 0 aliphatic carbocycles. The van der Waals surface area contributed by atoms with Gasteiger partial charge >= 0.3 is 5.69 Å². The lowest BCUT2D eigenvalue weighted by atomic mass is 10.1. The van der Waals surface area contributed by atoms with Crippen molar-refractivity contribution < 1.29 is 9.32 Å². The summed E-state index contributed by atoms with van der Waals surface area (Å²) >= 11 is 0. The third-order valence-corrected chi connectivity index (χ3v) is 4.11. The van der Waals surface area contributed by atoms with E-state index in [9.17, 15) is 14.4 Å². The van der Waals surface area contributed by atoms with E-state index < -0.39 is 17.2 Å². The van der Waals surface area contributed by atoms with E-state index in [0.29, 0.717) is 12.4 Å². The van der Waals surface area contributed by atoms with Crippen LogP contribution in [0.3, 0.4) is 0 Å². The number of aromatic amines is 1. The lowest BCUT2D eigenvalue weighted by Gasteiger charge is -2.18. The van der Waals surface area contributed by atoms with Crippen LogP contribution in [0.25, 0.3) is 11.4 Å². The fraction of sp³-hybridized carbons (Fsp3) is 0.278. The minimum atomic E-state index is -0.729. The van der Waals surface area contributed by atoms with Gasteiger partial charge in [0.25, 0.3) is 11.5 Å². The lowest BCUT2D eigenvalue weighted by molar-refractivity contribution is 0.0731. The second-order valence-corrected chi connectivity index (χ2v) is 6.11. The van der Waals surface area contributed by atoms with Gasteiger partial charge in [-0.25, -0.2) is 4.79 Å². The van der Waals surface area contributed by atoms with E-state index in [0.717, 1.165) is 15.7 Å². The number of H-pyrrole nitrogens is 1. The second kappa shape index (κ2) is 7.40.